The molecule has 0 aliphatic heterocycles. The molecule has 5 nitrogen and oxygen atoms in total. The average molecular weight is 402 g/mol. The molecule has 0 bridgehead atoms. The summed E-state index contributed by atoms with van der Waals surface area (Å²) >= 11 is 0. The van der Waals surface area contributed by atoms with Crippen LogP contribution in [-0.4, -0.2) is 48.1 Å². The van der Waals surface area contributed by atoms with Crippen molar-refractivity contribution in [1.29, 1.82) is 0 Å². The van der Waals surface area contributed by atoms with Crippen LogP contribution in [0.25, 0.3) is 0 Å². The molecule has 0 aromatic carbocycles. The van der Waals surface area contributed by atoms with E-state index in [0.29, 0.717) is 25.8 Å². The van der Waals surface area contributed by atoms with Gasteiger partial charge in [-0.2, -0.15) is 0 Å². The van der Waals surface area contributed by atoms with E-state index in [9.17, 15) is 4.79 Å². The summed E-state index contributed by atoms with van der Waals surface area (Å²) in [5.41, 5.74) is 0. The Morgan fingerprint density at radius 3 is 1.79 bits per heavy atom. The number of unbranched alkanes of at least 4 members (excludes halogenated alkanes) is 10. The summed E-state index contributed by atoms with van der Waals surface area (Å²) in [6.07, 6.45) is 16.3. The van der Waals surface area contributed by atoms with Crippen molar-refractivity contribution in [3.8, 4) is 0 Å². The molecule has 1 unspecified atom stereocenters. The van der Waals surface area contributed by atoms with Gasteiger partial charge in [-0.15, -0.1) is 0 Å². The Kier molecular flexibility index (Phi) is 20.6. The lowest BCUT2D eigenvalue weighted by Crippen LogP contribution is -2.38. The molecule has 0 heterocycles. The van der Waals surface area contributed by atoms with Crippen molar-refractivity contribution in [2.75, 3.05) is 19.8 Å². The first-order chi connectivity index (χ1) is 13.7. The molecule has 3 N–H and O–H groups in total. The molecule has 0 saturated heterocycles. The molecular weight excluding hydrogens is 354 g/mol. The molecule has 0 saturated carbocycles. The van der Waals surface area contributed by atoms with Crippen molar-refractivity contribution in [2.24, 2.45) is 0 Å². The number of hydrogen-bond donors (Lipinski definition) is 3. The fourth-order valence-corrected chi connectivity index (χ4v) is 3.41. The number of ether oxygens (including phenoxy) is 1. The molecule has 0 spiro atoms. The Bertz CT molecular complexity index is 333. The average Bonchev–Trinajstić information content (AvgIpc) is 2.69. The standard InChI is InChI=1S/C23H47NO4/c1-3-5-6-7-8-9-10-11-12-13-14-15-23(27)28-22(4-2)20-24-21(16-18-25)17-19-26/h21-22,24-26H,3-20H2,1-2H3. The van der Waals surface area contributed by atoms with Crippen LogP contribution in [-0.2, 0) is 9.53 Å². The van der Waals surface area contributed by atoms with E-state index < -0.39 is 0 Å². The highest BCUT2D eigenvalue weighted by atomic mass is 16.5. The van der Waals surface area contributed by atoms with Crippen LogP contribution in [0.5, 0.6) is 0 Å². The third-order valence-corrected chi connectivity index (χ3v) is 5.33. The number of aliphatic hydroxyl groups excluding tert-OH is 2. The van der Waals surface area contributed by atoms with E-state index in [-0.39, 0.29) is 31.3 Å². The van der Waals surface area contributed by atoms with Crippen molar-refractivity contribution in [2.45, 2.75) is 122 Å². The molecule has 0 aliphatic rings. The molecule has 0 aromatic heterocycles. The van der Waals surface area contributed by atoms with E-state index in [1.807, 2.05) is 6.92 Å². The highest BCUT2D eigenvalue weighted by Crippen LogP contribution is 2.12. The first kappa shape index (κ1) is 27.4. The summed E-state index contributed by atoms with van der Waals surface area (Å²) in [6.45, 7) is 5.02. The largest absolute Gasteiger partial charge is 0.461 e. The molecule has 0 fully saturated rings. The van der Waals surface area contributed by atoms with E-state index in [4.69, 9.17) is 14.9 Å². The number of carbonyl (C=O) groups is 1. The van der Waals surface area contributed by atoms with Gasteiger partial charge in [0.25, 0.3) is 0 Å². The van der Waals surface area contributed by atoms with Gasteiger partial charge in [-0.25, -0.2) is 0 Å². The maximum atomic E-state index is 12.0. The minimum atomic E-state index is -0.139. The molecular formula is C23H47NO4. The highest BCUT2D eigenvalue weighted by Gasteiger charge is 2.15. The summed E-state index contributed by atoms with van der Waals surface area (Å²) < 4.78 is 5.57. The van der Waals surface area contributed by atoms with Gasteiger partial charge >= 0.3 is 5.97 Å². The highest BCUT2D eigenvalue weighted by molar-refractivity contribution is 5.69. The van der Waals surface area contributed by atoms with Crippen molar-refractivity contribution in [3.63, 3.8) is 0 Å². The van der Waals surface area contributed by atoms with Gasteiger partial charge < -0.3 is 20.3 Å². The summed E-state index contributed by atoms with van der Waals surface area (Å²) in [5.74, 6) is -0.106. The topological polar surface area (TPSA) is 78.8 Å². The van der Waals surface area contributed by atoms with Crippen LogP contribution in [0.1, 0.15) is 110 Å². The predicted molar refractivity (Wildman–Crippen MR) is 116 cm³/mol. The number of aliphatic hydroxyl groups is 2. The Morgan fingerprint density at radius 1 is 0.821 bits per heavy atom. The number of nitrogens with one attached hydrogen (secondary N) is 1. The lowest BCUT2D eigenvalue weighted by Gasteiger charge is -2.22. The molecule has 0 aromatic rings. The maximum Gasteiger partial charge on any atom is 0.306 e. The van der Waals surface area contributed by atoms with Crippen molar-refractivity contribution in [3.05, 3.63) is 0 Å². The van der Waals surface area contributed by atoms with Gasteiger partial charge in [0.15, 0.2) is 0 Å². The fraction of sp³-hybridized carbons (Fsp3) is 0.957. The Labute approximate surface area is 173 Å². The second-order valence-corrected chi connectivity index (χ2v) is 7.94. The summed E-state index contributed by atoms with van der Waals surface area (Å²) in [7, 11) is 0. The van der Waals surface area contributed by atoms with Crippen molar-refractivity contribution >= 4 is 5.97 Å². The van der Waals surface area contributed by atoms with Crippen molar-refractivity contribution < 1.29 is 19.7 Å². The quantitative estimate of drug-likeness (QED) is 0.191. The van der Waals surface area contributed by atoms with E-state index in [2.05, 4.69) is 12.2 Å². The zero-order chi connectivity index (χ0) is 20.9. The zero-order valence-electron chi connectivity index (χ0n) is 18.6. The summed E-state index contributed by atoms with van der Waals surface area (Å²) in [5, 5.41) is 21.4. The van der Waals surface area contributed by atoms with Crippen LogP contribution < -0.4 is 5.32 Å². The van der Waals surface area contributed by atoms with Gasteiger partial charge in [0.1, 0.15) is 6.10 Å². The minimum Gasteiger partial charge on any atom is -0.461 e. The SMILES string of the molecule is CCCCCCCCCCCCCC(=O)OC(CC)CNC(CCO)CCO. The van der Waals surface area contributed by atoms with E-state index in [1.54, 1.807) is 0 Å². The molecule has 0 aliphatic carbocycles. The molecule has 1 atom stereocenters. The minimum absolute atomic E-state index is 0.0643. The fourth-order valence-electron chi connectivity index (χ4n) is 3.41. The number of hydrogen-bond acceptors (Lipinski definition) is 5. The van der Waals surface area contributed by atoms with Gasteiger partial charge in [0.05, 0.1) is 0 Å². The van der Waals surface area contributed by atoms with Crippen LogP contribution in [0.15, 0.2) is 0 Å². The molecule has 0 rings (SSSR count). The lowest BCUT2D eigenvalue weighted by atomic mass is 10.1. The van der Waals surface area contributed by atoms with Crippen LogP contribution in [0.4, 0.5) is 0 Å². The second kappa shape index (κ2) is 21.1. The third kappa shape index (κ3) is 17.4. The zero-order valence-corrected chi connectivity index (χ0v) is 18.6. The van der Waals surface area contributed by atoms with Crippen LogP contribution in [0.2, 0.25) is 0 Å². The van der Waals surface area contributed by atoms with E-state index in [1.165, 1.54) is 57.8 Å². The van der Waals surface area contributed by atoms with Gasteiger partial charge in [-0.05, 0) is 25.7 Å². The molecule has 0 radical (unpaired) electrons. The maximum absolute atomic E-state index is 12.0. The third-order valence-electron chi connectivity index (χ3n) is 5.33. The second-order valence-electron chi connectivity index (χ2n) is 7.94. The Morgan fingerprint density at radius 2 is 1.32 bits per heavy atom. The molecule has 0 amide bonds. The number of esters is 1. The van der Waals surface area contributed by atoms with Crippen LogP contribution in [0, 0.1) is 0 Å². The van der Waals surface area contributed by atoms with Gasteiger partial charge in [-0.1, -0.05) is 78.1 Å². The first-order valence-corrected chi connectivity index (χ1v) is 11.8. The van der Waals surface area contributed by atoms with Crippen LogP contribution in [0.3, 0.4) is 0 Å². The predicted octanol–water partition coefficient (Wildman–Crippen LogP) is 4.73. The first-order valence-electron chi connectivity index (χ1n) is 11.8. The Hall–Kier alpha value is -0.650. The van der Waals surface area contributed by atoms with Gasteiger partial charge in [0.2, 0.25) is 0 Å². The summed E-state index contributed by atoms with van der Waals surface area (Å²) in [4.78, 5) is 12.0. The smallest absolute Gasteiger partial charge is 0.306 e. The van der Waals surface area contributed by atoms with Gasteiger partial charge in [0, 0.05) is 32.2 Å². The van der Waals surface area contributed by atoms with Gasteiger partial charge in [-0.3, -0.25) is 4.79 Å². The number of rotatable bonds is 21. The lowest BCUT2D eigenvalue weighted by molar-refractivity contribution is -0.149. The van der Waals surface area contributed by atoms with E-state index >= 15 is 0 Å². The number of carbonyl (C=O) groups excluding carboxylic acids is 1. The monoisotopic (exact) mass is 401 g/mol. The molecule has 28 heavy (non-hydrogen) atoms. The molecule has 168 valence electrons. The molecule has 5 heteroatoms. The van der Waals surface area contributed by atoms with Crippen LogP contribution >= 0.6 is 0 Å². The van der Waals surface area contributed by atoms with Crippen molar-refractivity contribution in [1.82, 2.24) is 5.32 Å². The summed E-state index contributed by atoms with van der Waals surface area (Å²) in [6, 6.07) is 0.0643. The Balaban J connectivity index is 3.66. The normalized spacial score (nSPS) is 12.5. The van der Waals surface area contributed by atoms with E-state index in [0.717, 1.165) is 19.3 Å².